The first-order valence-corrected chi connectivity index (χ1v) is 49.0. The zero-order valence-corrected chi connectivity index (χ0v) is 78.2. The van der Waals surface area contributed by atoms with Gasteiger partial charge in [0.2, 0.25) is 23.6 Å². The normalized spacial score (nSPS) is 29.7. The molecule has 4 saturated heterocycles. The van der Waals surface area contributed by atoms with Gasteiger partial charge in [0, 0.05) is 110 Å². The average Bonchev–Trinajstić information content (AvgIpc) is 1.57. The first kappa shape index (κ1) is 95.5. The molecule has 5 aromatic rings. The standard InChI is InChI=1S/C43H57ClN6O9.C32H40BrN3O9S.C18H24ClN3O3/c1-25(2)45-36-22-35(31-10-11-34(37(44)38(31)47-36)57-17-14-49-12-15-56-16-13-49)58-30-21-33-39(51)48-43(41(53)54)23-28(43)8-6-4-3-5-7-9-32(40(52)50(33)24-30)46-42(55)59-29-19-26-18-27(26)20-29;1-43-30(39)32-17-21(32)7-5-3-2-4-6-8-26(34-31(40)44-23-14-19-13-20(19)15-23)29(38)36-18-24(16-27(36)28(37)35-32)45-46(41,42)25-11-9-22(33)10-12-25;1-12(2)20-16-11-14(23)13-3-4-15(17(19)18(13)21-16)25-10-7-22-5-8-24-9-6-22/h6,8,10-11,22,25-30,32-33H,3-5,7,9,12-21,23-24H2,1-2H3,(H,45,47)(H,46,55)(H,48,51)(H,53,54);5,7,9-12,19-21,23-24,26-27H,2-4,6,8,13-18H2,1H3,(H,34,40)(H,35,37);3-4,11-12H,5-10H2,1-2H3,(H2,20,21,23)/b8-6-;7-5-;/t26-,27+,28-,29?,30-,32+,33+,43-;19-,20+,21-,23?,24+,26+,27+,32-;/m11./s1. The van der Waals surface area contributed by atoms with Crippen LogP contribution in [0.4, 0.5) is 21.2 Å². The maximum absolute atomic E-state index is 14.6. The number of hydrogen-bond acceptors (Lipinski definition) is 25. The second-order valence-electron chi connectivity index (χ2n) is 37.1. The molecule has 16 atom stereocenters. The van der Waals surface area contributed by atoms with E-state index in [1.54, 1.807) is 42.5 Å². The first-order valence-electron chi connectivity index (χ1n) is 46.1. The highest BCUT2D eigenvalue weighted by molar-refractivity contribution is 9.10. The van der Waals surface area contributed by atoms with Crippen LogP contribution in [0.15, 0.2) is 99.1 Å². The number of nitrogens with one attached hydrogen (secondary N) is 7. The second-order valence-corrected chi connectivity index (χ2v) is 40.3. The molecule has 2 aromatic heterocycles. The number of carbonyl (C=O) groups excluding carboxylic acids is 7. The molecule has 17 rings (SSSR count). The number of H-pyrrole nitrogens is 1. The van der Waals surface area contributed by atoms with Crippen molar-refractivity contribution < 1.29 is 94.0 Å². The lowest BCUT2D eigenvalue weighted by atomic mass is 10.0. The van der Waals surface area contributed by atoms with Crippen molar-refractivity contribution in [1.82, 2.24) is 50.8 Å². The highest BCUT2D eigenvalue weighted by atomic mass is 79.9. The van der Waals surface area contributed by atoms with Gasteiger partial charge in [0.25, 0.3) is 10.1 Å². The molecule has 6 saturated carbocycles. The Hall–Kier alpha value is -9.07. The van der Waals surface area contributed by atoms with Gasteiger partial charge in [-0.2, -0.15) is 8.42 Å². The fraction of sp³-hybridized carbons (Fsp3) is 0.613. The number of carbonyl (C=O) groups is 8. The lowest BCUT2D eigenvalue weighted by Crippen LogP contribution is -2.56. The third-order valence-electron chi connectivity index (χ3n) is 26.8. The molecule has 3 aromatic carbocycles. The number of carboxylic acids is 1. The first-order chi connectivity index (χ1) is 62.5. The minimum Gasteiger partial charge on any atom is -0.491 e. The molecule has 130 heavy (non-hydrogen) atoms. The molecule has 6 aliphatic heterocycles. The molecule has 706 valence electrons. The smallest absolute Gasteiger partial charge is 0.408 e. The number of esters is 1. The summed E-state index contributed by atoms with van der Waals surface area (Å²) in [6, 6.07) is 12.5. The van der Waals surface area contributed by atoms with Gasteiger partial charge in [0.1, 0.15) is 106 Å². The second kappa shape index (κ2) is 42.4. The lowest BCUT2D eigenvalue weighted by Gasteiger charge is -2.29. The highest BCUT2D eigenvalue weighted by Gasteiger charge is 2.64. The number of nitrogens with zero attached hydrogens (tertiary/aromatic N) is 5. The van der Waals surface area contributed by atoms with Crippen molar-refractivity contribution in [1.29, 1.82) is 0 Å². The SMILES string of the molecule is CC(C)Nc1cc(=O)c2ccc(OCCN3CCOCC3)c(Cl)c2[nH]1.CC(C)Nc1cc(O[C@@H]2C[C@H]3C(=O)N[C@]4(C(=O)O)C[C@H]4/C=C\CCCCC[C@H](NC(=O)OC4C[C@@H]5C[C@@H]5C4)C(=O)N3C2)c2ccc(OCCN3CCOCC3)c(Cl)c2n1.COC(=O)[C@@]12C[C@H]1/C=C\CCCCC[C@H](NC(=O)OC1C[C@@H]3C[C@@H]3C1)C(=O)N1C[C@@H](OS(=O)(=O)c3ccc(Br)cc3)C[C@H]1C(=O)N2. The molecule has 37 heteroatoms. The van der Waals surface area contributed by atoms with E-state index in [9.17, 15) is 56.7 Å². The predicted octanol–water partition coefficient (Wildman–Crippen LogP) is 11.4. The molecule has 8 heterocycles. The molecule has 8 N–H and O–H groups in total. The Bertz CT molecular complexity index is 5180. The molecular formula is C93H121BrCl2N12O21S. The predicted molar refractivity (Wildman–Crippen MR) is 488 cm³/mol. The number of alkyl carbamates (subject to hydrolysis) is 2. The van der Waals surface area contributed by atoms with Crippen LogP contribution in [0.2, 0.25) is 10.0 Å². The number of aromatic nitrogens is 2. The summed E-state index contributed by atoms with van der Waals surface area (Å²) < 4.78 is 78.6. The molecule has 12 aliphatic rings. The summed E-state index contributed by atoms with van der Waals surface area (Å²) in [6.07, 6.45) is 17.4. The van der Waals surface area contributed by atoms with E-state index in [-0.39, 0.29) is 78.8 Å². The number of benzene rings is 3. The van der Waals surface area contributed by atoms with Gasteiger partial charge >= 0.3 is 24.1 Å². The minimum absolute atomic E-state index is 0.0206. The quantitative estimate of drug-likeness (QED) is 0.0130. The number of amides is 6. The lowest BCUT2D eigenvalue weighted by molar-refractivity contribution is -0.148. The average molecular weight is 1930 g/mol. The Morgan fingerprint density at radius 1 is 0.600 bits per heavy atom. The summed E-state index contributed by atoms with van der Waals surface area (Å²) in [5, 5.41) is 30.1. The summed E-state index contributed by atoms with van der Waals surface area (Å²) in [4.78, 5) is 136. The number of fused-ring (bicyclic) bond motifs is 8. The number of halogens is 3. The molecule has 6 aliphatic carbocycles. The molecule has 6 amide bonds. The zero-order chi connectivity index (χ0) is 91.7. The number of rotatable bonds is 23. The van der Waals surface area contributed by atoms with E-state index in [4.69, 9.17) is 70.3 Å². The third kappa shape index (κ3) is 23.7. The molecular weight excluding hydrogens is 1800 g/mol. The summed E-state index contributed by atoms with van der Waals surface area (Å²) in [7, 11) is -2.98. The number of morpholine rings is 2. The van der Waals surface area contributed by atoms with Gasteiger partial charge in [-0.25, -0.2) is 24.2 Å². The Labute approximate surface area is 775 Å². The van der Waals surface area contributed by atoms with Crippen molar-refractivity contribution in [2.75, 3.05) is 110 Å². The van der Waals surface area contributed by atoms with Crippen LogP contribution in [0.5, 0.6) is 17.2 Å². The van der Waals surface area contributed by atoms with E-state index in [0.29, 0.717) is 147 Å². The number of allylic oxidation sites excluding steroid dienone is 2. The number of hydrogen-bond donors (Lipinski definition) is 8. The summed E-state index contributed by atoms with van der Waals surface area (Å²) in [6.45, 7) is 16.8. The number of methoxy groups -OCH3 is 1. The van der Waals surface area contributed by atoms with Crippen molar-refractivity contribution >= 4 is 130 Å². The van der Waals surface area contributed by atoms with Gasteiger partial charge in [-0.3, -0.25) is 38.0 Å². The largest absolute Gasteiger partial charge is 0.491 e. The van der Waals surface area contributed by atoms with Crippen molar-refractivity contribution in [3.63, 3.8) is 0 Å². The van der Waals surface area contributed by atoms with Crippen molar-refractivity contribution in [2.45, 2.75) is 233 Å². The van der Waals surface area contributed by atoms with Crippen LogP contribution in [0.25, 0.3) is 21.8 Å². The van der Waals surface area contributed by atoms with Gasteiger partial charge < -0.3 is 89.7 Å². The summed E-state index contributed by atoms with van der Waals surface area (Å²) in [5.41, 5.74) is -1.73. The fourth-order valence-corrected chi connectivity index (χ4v) is 21.3. The zero-order valence-electron chi connectivity index (χ0n) is 74.3. The third-order valence-corrected chi connectivity index (χ3v) is 29.4. The van der Waals surface area contributed by atoms with Crippen LogP contribution in [0, 0.1) is 35.5 Å². The van der Waals surface area contributed by atoms with E-state index < -0.39 is 105 Å². The molecule has 2 unspecified atom stereocenters. The van der Waals surface area contributed by atoms with Crippen molar-refractivity contribution in [3.05, 3.63) is 110 Å². The Kier molecular flexibility index (Phi) is 31.2. The van der Waals surface area contributed by atoms with Crippen LogP contribution in [-0.2, 0) is 66.8 Å². The maximum Gasteiger partial charge on any atom is 0.408 e. The summed E-state index contributed by atoms with van der Waals surface area (Å²) >= 11 is 16.8. The van der Waals surface area contributed by atoms with E-state index >= 15 is 0 Å². The van der Waals surface area contributed by atoms with Crippen LogP contribution in [0.1, 0.15) is 156 Å². The fourth-order valence-electron chi connectivity index (χ4n) is 19.4. The van der Waals surface area contributed by atoms with E-state index in [1.807, 2.05) is 58.1 Å². The Morgan fingerprint density at radius 3 is 1.63 bits per heavy atom. The molecule has 0 spiro atoms. The number of pyridine rings is 2. The topological polar surface area (TPSA) is 405 Å². The van der Waals surface area contributed by atoms with Gasteiger partial charge in [0.15, 0.2) is 5.43 Å². The van der Waals surface area contributed by atoms with Crippen LogP contribution < -0.4 is 51.5 Å². The Morgan fingerprint density at radius 2 is 1.10 bits per heavy atom. The van der Waals surface area contributed by atoms with E-state index in [1.165, 1.54) is 41.9 Å². The van der Waals surface area contributed by atoms with E-state index in [0.717, 1.165) is 117 Å². The van der Waals surface area contributed by atoms with Gasteiger partial charge in [-0.15, -0.1) is 0 Å². The maximum atomic E-state index is 14.6. The minimum atomic E-state index is -4.24. The van der Waals surface area contributed by atoms with E-state index in [2.05, 4.69) is 62.6 Å². The monoisotopic (exact) mass is 1920 g/mol. The van der Waals surface area contributed by atoms with Crippen LogP contribution in [0.3, 0.4) is 0 Å². The van der Waals surface area contributed by atoms with Crippen LogP contribution in [-0.4, -0.2) is 262 Å². The van der Waals surface area contributed by atoms with Crippen LogP contribution >= 0.6 is 39.1 Å². The molecule has 10 fully saturated rings. The summed E-state index contributed by atoms with van der Waals surface area (Å²) in [5.74, 6) is 0.661. The van der Waals surface area contributed by atoms with Crippen molar-refractivity contribution in [3.8, 4) is 17.2 Å². The van der Waals surface area contributed by atoms with Gasteiger partial charge in [-0.05, 0) is 190 Å². The molecule has 0 radical (unpaired) electrons. The number of anilines is 2. The van der Waals surface area contributed by atoms with Gasteiger partial charge in [0.05, 0.1) is 62.1 Å². The molecule has 0 bridgehead atoms. The number of carboxylic acid groups (broad SMARTS) is 1. The number of aliphatic carboxylic acids is 1. The number of aromatic amines is 1. The Balaban J connectivity index is 0.000000161. The highest BCUT2D eigenvalue weighted by Crippen LogP contribution is 2.54. The van der Waals surface area contributed by atoms with Gasteiger partial charge in [-0.1, -0.05) is 89.1 Å². The molecule has 33 nitrogen and oxygen atoms in total. The van der Waals surface area contributed by atoms with Crippen molar-refractivity contribution in [2.24, 2.45) is 35.5 Å². The number of ether oxygens (including phenoxy) is 8.